The smallest absolute Gasteiger partial charge is 0.154 e. The summed E-state index contributed by atoms with van der Waals surface area (Å²) in [4.78, 5) is 0. The highest BCUT2D eigenvalue weighted by Crippen LogP contribution is 2.49. The van der Waals surface area contributed by atoms with Crippen molar-refractivity contribution >= 4 is 9.84 Å². The maximum atomic E-state index is 11.3. The molecule has 0 bridgehead atoms. The summed E-state index contributed by atoms with van der Waals surface area (Å²) in [6, 6.07) is -0.251. The van der Waals surface area contributed by atoms with E-state index in [1.54, 1.807) is 0 Å². The molecule has 1 heterocycles. The van der Waals surface area contributed by atoms with E-state index < -0.39 is 15.9 Å². The van der Waals surface area contributed by atoms with Crippen LogP contribution in [-0.4, -0.2) is 43.7 Å². The lowest BCUT2D eigenvalue weighted by atomic mass is 10.0. The molecule has 0 aromatic rings. The second-order valence-corrected chi connectivity index (χ2v) is 7.54. The lowest BCUT2D eigenvalue weighted by Crippen LogP contribution is -2.41. The molecule has 1 saturated carbocycles. The number of hydrogen-bond acceptors (Lipinski definition) is 4. The van der Waals surface area contributed by atoms with Crippen LogP contribution >= 0.6 is 0 Å². The van der Waals surface area contributed by atoms with Gasteiger partial charge in [0.15, 0.2) is 9.84 Å². The topological polar surface area (TPSA) is 66.4 Å². The van der Waals surface area contributed by atoms with Crippen molar-refractivity contribution in [1.29, 1.82) is 0 Å². The average molecular weight is 247 g/mol. The number of nitrogens with one attached hydrogen (secondary N) is 1. The lowest BCUT2D eigenvalue weighted by Gasteiger charge is -2.20. The van der Waals surface area contributed by atoms with Crippen LogP contribution in [0.2, 0.25) is 0 Å². The van der Waals surface area contributed by atoms with Crippen molar-refractivity contribution in [1.82, 2.24) is 5.32 Å². The lowest BCUT2D eigenvalue weighted by molar-refractivity contribution is 0.161. The number of sulfone groups is 1. The summed E-state index contributed by atoms with van der Waals surface area (Å²) in [7, 11) is -3.02. The Morgan fingerprint density at radius 2 is 2.06 bits per heavy atom. The number of hydrogen-bond donors (Lipinski definition) is 2. The Hall–Kier alpha value is -0.130. The first kappa shape index (κ1) is 12.3. The third-order valence-electron chi connectivity index (χ3n) is 3.80. The summed E-state index contributed by atoms with van der Waals surface area (Å²) in [5.41, 5.74) is 0.404. The van der Waals surface area contributed by atoms with Crippen LogP contribution < -0.4 is 5.32 Å². The van der Waals surface area contributed by atoms with Gasteiger partial charge in [0.05, 0.1) is 17.6 Å². The van der Waals surface area contributed by atoms with Gasteiger partial charge in [0.1, 0.15) is 0 Å². The zero-order valence-electron chi connectivity index (χ0n) is 9.78. The van der Waals surface area contributed by atoms with E-state index in [4.69, 9.17) is 0 Å². The summed E-state index contributed by atoms with van der Waals surface area (Å²) in [5, 5.41) is 12.9. The summed E-state index contributed by atoms with van der Waals surface area (Å²) < 4.78 is 22.6. The standard InChI is InChI=1S/C11H21NO3S/c1-2-3-11(4-5-11)8-12-9-6-16(14,15)7-10(9)13/h9-10,12-13H,2-8H2,1H3. The van der Waals surface area contributed by atoms with Gasteiger partial charge in [-0.1, -0.05) is 13.3 Å². The fourth-order valence-electron chi connectivity index (χ4n) is 2.59. The summed E-state index contributed by atoms with van der Waals surface area (Å²) in [6.07, 6.45) is 4.14. The quantitative estimate of drug-likeness (QED) is 0.734. The molecule has 0 spiro atoms. The van der Waals surface area contributed by atoms with Crippen molar-refractivity contribution in [2.45, 2.75) is 44.8 Å². The second kappa shape index (κ2) is 4.27. The Balaban J connectivity index is 1.83. The maximum Gasteiger partial charge on any atom is 0.154 e. The third-order valence-corrected chi connectivity index (χ3v) is 5.52. The molecule has 0 amide bonds. The van der Waals surface area contributed by atoms with Gasteiger partial charge in [0.25, 0.3) is 0 Å². The van der Waals surface area contributed by atoms with Gasteiger partial charge in [-0.3, -0.25) is 0 Å². The largest absolute Gasteiger partial charge is 0.390 e. The highest BCUT2D eigenvalue weighted by atomic mass is 32.2. The molecule has 2 N–H and O–H groups in total. The molecule has 1 aliphatic heterocycles. The molecule has 2 fully saturated rings. The first-order valence-electron chi connectivity index (χ1n) is 6.08. The Morgan fingerprint density at radius 3 is 2.50 bits per heavy atom. The predicted octanol–water partition coefficient (Wildman–Crippen LogP) is 0.314. The van der Waals surface area contributed by atoms with Crippen LogP contribution in [0, 0.1) is 5.41 Å². The van der Waals surface area contributed by atoms with Gasteiger partial charge in [0, 0.05) is 12.6 Å². The van der Waals surface area contributed by atoms with E-state index in [0.29, 0.717) is 5.41 Å². The van der Waals surface area contributed by atoms with Crippen LogP contribution in [0.4, 0.5) is 0 Å². The normalized spacial score (nSPS) is 35.1. The minimum Gasteiger partial charge on any atom is -0.390 e. The number of aliphatic hydroxyl groups excluding tert-OH is 1. The van der Waals surface area contributed by atoms with Gasteiger partial charge in [-0.05, 0) is 24.7 Å². The zero-order valence-corrected chi connectivity index (χ0v) is 10.6. The molecule has 5 heteroatoms. The predicted molar refractivity (Wildman–Crippen MR) is 63.0 cm³/mol. The molecule has 16 heavy (non-hydrogen) atoms. The van der Waals surface area contributed by atoms with Crippen molar-refractivity contribution in [2.75, 3.05) is 18.1 Å². The summed E-state index contributed by atoms with van der Waals surface area (Å²) in [5.74, 6) is 0.0157. The van der Waals surface area contributed by atoms with E-state index in [9.17, 15) is 13.5 Å². The van der Waals surface area contributed by atoms with E-state index in [1.165, 1.54) is 25.7 Å². The van der Waals surface area contributed by atoms with Crippen molar-refractivity contribution in [3.05, 3.63) is 0 Å². The molecule has 1 saturated heterocycles. The Kier molecular flexibility index (Phi) is 3.29. The van der Waals surface area contributed by atoms with Gasteiger partial charge in [-0.15, -0.1) is 0 Å². The average Bonchev–Trinajstić information content (AvgIpc) is 2.87. The minimum atomic E-state index is -3.02. The zero-order chi connectivity index (χ0) is 11.8. The SMILES string of the molecule is CCCC1(CNC2CS(=O)(=O)CC2O)CC1. The molecule has 2 unspecified atom stereocenters. The van der Waals surface area contributed by atoms with Gasteiger partial charge in [0.2, 0.25) is 0 Å². The Labute approximate surface area is 97.3 Å². The molecule has 0 aromatic heterocycles. The minimum absolute atomic E-state index is 0.0779. The van der Waals surface area contributed by atoms with E-state index in [1.807, 2.05) is 0 Å². The highest BCUT2D eigenvalue weighted by Gasteiger charge is 2.43. The molecular weight excluding hydrogens is 226 g/mol. The van der Waals surface area contributed by atoms with Gasteiger partial charge < -0.3 is 10.4 Å². The van der Waals surface area contributed by atoms with Crippen molar-refractivity contribution in [3.8, 4) is 0 Å². The number of aliphatic hydroxyl groups is 1. The molecule has 94 valence electrons. The van der Waals surface area contributed by atoms with E-state index >= 15 is 0 Å². The fourth-order valence-corrected chi connectivity index (χ4v) is 4.37. The van der Waals surface area contributed by atoms with Gasteiger partial charge in [-0.25, -0.2) is 8.42 Å². The maximum absolute atomic E-state index is 11.3. The van der Waals surface area contributed by atoms with Crippen molar-refractivity contribution in [2.24, 2.45) is 5.41 Å². The summed E-state index contributed by atoms with van der Waals surface area (Å²) >= 11 is 0. The first-order valence-corrected chi connectivity index (χ1v) is 7.90. The van der Waals surface area contributed by atoms with E-state index in [0.717, 1.165) is 6.54 Å². The van der Waals surface area contributed by atoms with Crippen LogP contribution in [-0.2, 0) is 9.84 Å². The van der Waals surface area contributed by atoms with Gasteiger partial charge >= 0.3 is 0 Å². The van der Waals surface area contributed by atoms with Crippen LogP contribution in [0.1, 0.15) is 32.6 Å². The van der Waals surface area contributed by atoms with Crippen molar-refractivity contribution in [3.63, 3.8) is 0 Å². The molecule has 2 rings (SSSR count). The molecule has 1 aliphatic carbocycles. The Bertz CT molecular complexity index is 348. The third kappa shape index (κ3) is 2.76. The van der Waals surface area contributed by atoms with Crippen molar-refractivity contribution < 1.29 is 13.5 Å². The monoisotopic (exact) mass is 247 g/mol. The molecule has 0 aromatic carbocycles. The molecule has 2 aliphatic rings. The molecule has 2 atom stereocenters. The highest BCUT2D eigenvalue weighted by molar-refractivity contribution is 7.91. The Morgan fingerprint density at radius 1 is 1.38 bits per heavy atom. The second-order valence-electron chi connectivity index (χ2n) is 5.38. The number of rotatable bonds is 5. The molecule has 0 radical (unpaired) electrons. The van der Waals surface area contributed by atoms with E-state index in [2.05, 4.69) is 12.2 Å². The van der Waals surface area contributed by atoms with Crippen LogP contribution in [0.15, 0.2) is 0 Å². The molecular formula is C11H21NO3S. The van der Waals surface area contributed by atoms with Gasteiger partial charge in [-0.2, -0.15) is 0 Å². The van der Waals surface area contributed by atoms with Crippen LogP contribution in [0.25, 0.3) is 0 Å². The van der Waals surface area contributed by atoms with E-state index in [-0.39, 0.29) is 17.5 Å². The summed E-state index contributed by atoms with van der Waals surface area (Å²) in [6.45, 7) is 3.03. The van der Waals surface area contributed by atoms with Crippen LogP contribution in [0.3, 0.4) is 0 Å². The van der Waals surface area contributed by atoms with Crippen LogP contribution in [0.5, 0.6) is 0 Å². The first-order chi connectivity index (χ1) is 7.46. The molecule has 4 nitrogen and oxygen atoms in total. The fraction of sp³-hybridized carbons (Fsp3) is 1.00.